The van der Waals surface area contributed by atoms with Gasteiger partial charge in [0.15, 0.2) is 11.5 Å². The van der Waals surface area contributed by atoms with E-state index in [0.29, 0.717) is 22.9 Å². The second-order valence-corrected chi connectivity index (χ2v) is 6.19. The Balaban J connectivity index is 1.85. The van der Waals surface area contributed by atoms with Crippen molar-refractivity contribution in [3.63, 3.8) is 0 Å². The molecular weight excluding hydrogens is 385 g/mol. The van der Waals surface area contributed by atoms with Crippen molar-refractivity contribution in [3.8, 4) is 22.8 Å². The smallest absolute Gasteiger partial charge is 0.416 e. The first-order valence-corrected chi connectivity index (χ1v) is 8.51. The van der Waals surface area contributed by atoms with Gasteiger partial charge < -0.3 is 15.2 Å². The van der Waals surface area contributed by atoms with Crippen LogP contribution in [0.5, 0.6) is 11.5 Å². The number of alkyl halides is 3. The van der Waals surface area contributed by atoms with E-state index < -0.39 is 11.7 Å². The summed E-state index contributed by atoms with van der Waals surface area (Å²) >= 11 is 0. The Morgan fingerprint density at radius 2 is 1.93 bits per heavy atom. The molecule has 2 N–H and O–H groups in total. The highest BCUT2D eigenvalue weighted by Crippen LogP contribution is 2.37. The highest BCUT2D eigenvalue weighted by atomic mass is 19.4. The van der Waals surface area contributed by atoms with Crippen molar-refractivity contribution in [2.24, 2.45) is 0 Å². The van der Waals surface area contributed by atoms with Crippen molar-refractivity contribution in [1.29, 1.82) is 0 Å². The van der Waals surface area contributed by atoms with Gasteiger partial charge in [-0.3, -0.25) is 4.40 Å². The zero-order valence-corrected chi connectivity index (χ0v) is 15.1. The van der Waals surface area contributed by atoms with Gasteiger partial charge in [0.1, 0.15) is 11.5 Å². The number of nitrogens with zero attached hydrogens (tertiary/aromatic N) is 3. The highest BCUT2D eigenvalue weighted by molar-refractivity contribution is 5.80. The third-order valence-electron chi connectivity index (χ3n) is 4.31. The molecule has 0 aliphatic rings. The molecular formula is C20H15F3N4O2. The summed E-state index contributed by atoms with van der Waals surface area (Å²) in [6.07, 6.45) is -1.18. The van der Waals surface area contributed by atoms with E-state index in [9.17, 15) is 18.3 Å². The molecule has 2 aromatic heterocycles. The number of hydrogen-bond donors (Lipinski definition) is 2. The fraction of sp³-hybridized carbons (Fsp3) is 0.100. The Labute approximate surface area is 163 Å². The molecule has 2 heterocycles. The van der Waals surface area contributed by atoms with Gasteiger partial charge in [0, 0.05) is 23.6 Å². The van der Waals surface area contributed by atoms with E-state index >= 15 is 0 Å². The third kappa shape index (κ3) is 3.54. The summed E-state index contributed by atoms with van der Waals surface area (Å²) in [5.41, 5.74) is 0.527. The van der Waals surface area contributed by atoms with Crippen molar-refractivity contribution in [2.75, 3.05) is 12.4 Å². The normalized spacial score (nSPS) is 11.6. The van der Waals surface area contributed by atoms with Crippen LogP contribution in [0.25, 0.3) is 17.0 Å². The maximum atomic E-state index is 13.1. The number of aromatic hydroxyl groups is 1. The van der Waals surface area contributed by atoms with Crippen molar-refractivity contribution in [3.05, 3.63) is 66.5 Å². The molecule has 0 atom stereocenters. The zero-order chi connectivity index (χ0) is 20.6. The molecule has 6 nitrogen and oxygen atoms in total. The lowest BCUT2D eigenvalue weighted by Crippen LogP contribution is -2.05. The quantitative estimate of drug-likeness (QED) is 0.511. The number of imidazole rings is 1. The van der Waals surface area contributed by atoms with Crippen LogP contribution in [0, 0.1) is 0 Å². The van der Waals surface area contributed by atoms with E-state index in [1.165, 1.54) is 25.3 Å². The molecule has 0 amide bonds. The lowest BCUT2D eigenvalue weighted by Gasteiger charge is -2.12. The Kier molecular flexibility index (Phi) is 4.50. The fourth-order valence-corrected chi connectivity index (χ4v) is 2.94. The van der Waals surface area contributed by atoms with Crippen LogP contribution < -0.4 is 10.1 Å². The second-order valence-electron chi connectivity index (χ2n) is 6.19. The summed E-state index contributed by atoms with van der Waals surface area (Å²) in [4.78, 5) is 8.68. The van der Waals surface area contributed by atoms with Crippen molar-refractivity contribution in [1.82, 2.24) is 14.4 Å². The van der Waals surface area contributed by atoms with E-state index in [4.69, 9.17) is 4.74 Å². The van der Waals surface area contributed by atoms with Gasteiger partial charge in [-0.15, -0.1) is 0 Å². The first-order valence-electron chi connectivity index (χ1n) is 8.51. The Hall–Kier alpha value is -3.75. The number of hydrogen-bond acceptors (Lipinski definition) is 5. The lowest BCUT2D eigenvalue weighted by molar-refractivity contribution is -0.137. The molecule has 0 bridgehead atoms. The van der Waals surface area contributed by atoms with Crippen LogP contribution in [0.1, 0.15) is 5.56 Å². The van der Waals surface area contributed by atoms with Gasteiger partial charge in [-0.05, 0) is 42.5 Å². The Bertz CT molecular complexity index is 1190. The predicted molar refractivity (Wildman–Crippen MR) is 101 cm³/mol. The molecule has 0 saturated carbocycles. The molecule has 0 aliphatic carbocycles. The van der Waals surface area contributed by atoms with Gasteiger partial charge in [-0.25, -0.2) is 9.97 Å². The molecule has 0 spiro atoms. The molecule has 0 aliphatic heterocycles. The number of ether oxygens (including phenoxy) is 1. The maximum absolute atomic E-state index is 13.1. The van der Waals surface area contributed by atoms with Crippen LogP contribution in [0.4, 0.5) is 24.7 Å². The van der Waals surface area contributed by atoms with Gasteiger partial charge in [0.2, 0.25) is 5.78 Å². The SMILES string of the molecule is COc1cc(-c2nc3ncccn3c2Nc2cccc(C(F)(F)F)c2)ccc1O. The number of fused-ring (bicyclic) bond motifs is 1. The summed E-state index contributed by atoms with van der Waals surface area (Å²) in [6.45, 7) is 0. The zero-order valence-electron chi connectivity index (χ0n) is 15.1. The van der Waals surface area contributed by atoms with E-state index in [1.807, 2.05) is 0 Å². The van der Waals surface area contributed by atoms with Crippen molar-refractivity contribution in [2.45, 2.75) is 6.18 Å². The number of aromatic nitrogens is 3. The minimum absolute atomic E-state index is 0.0365. The number of nitrogens with one attached hydrogen (secondary N) is 1. The van der Waals surface area contributed by atoms with Gasteiger partial charge in [0.25, 0.3) is 0 Å². The minimum Gasteiger partial charge on any atom is -0.504 e. The van der Waals surface area contributed by atoms with Crippen LogP contribution >= 0.6 is 0 Å². The number of phenolic OH excluding ortho intramolecular Hbond substituents is 1. The number of anilines is 2. The van der Waals surface area contributed by atoms with E-state index in [1.54, 1.807) is 35.0 Å². The van der Waals surface area contributed by atoms with Crippen LogP contribution in [-0.2, 0) is 6.18 Å². The first kappa shape index (κ1) is 18.6. The summed E-state index contributed by atoms with van der Waals surface area (Å²) < 4.78 is 46.0. The van der Waals surface area contributed by atoms with E-state index in [2.05, 4.69) is 15.3 Å². The number of benzene rings is 2. The van der Waals surface area contributed by atoms with Gasteiger partial charge >= 0.3 is 6.18 Å². The van der Waals surface area contributed by atoms with Gasteiger partial charge in [-0.1, -0.05) is 6.07 Å². The minimum atomic E-state index is -4.45. The summed E-state index contributed by atoms with van der Waals surface area (Å²) in [5.74, 6) is 1.01. The molecule has 9 heteroatoms. The summed E-state index contributed by atoms with van der Waals surface area (Å²) in [7, 11) is 1.42. The Morgan fingerprint density at radius 1 is 1.10 bits per heavy atom. The summed E-state index contributed by atoms with van der Waals surface area (Å²) in [5, 5.41) is 12.9. The number of methoxy groups -OCH3 is 1. The Morgan fingerprint density at radius 3 is 2.69 bits per heavy atom. The number of phenols is 1. The molecule has 148 valence electrons. The number of halogens is 3. The van der Waals surface area contributed by atoms with Crippen LogP contribution in [-0.4, -0.2) is 26.6 Å². The average molecular weight is 400 g/mol. The molecule has 4 rings (SSSR count). The van der Waals surface area contributed by atoms with Crippen molar-refractivity contribution >= 4 is 17.3 Å². The molecule has 29 heavy (non-hydrogen) atoms. The van der Waals surface area contributed by atoms with Crippen LogP contribution in [0.2, 0.25) is 0 Å². The molecule has 0 fully saturated rings. The van der Waals surface area contributed by atoms with Gasteiger partial charge in [0.05, 0.1) is 12.7 Å². The van der Waals surface area contributed by atoms with Gasteiger partial charge in [-0.2, -0.15) is 13.2 Å². The predicted octanol–water partition coefficient (Wildman–Crippen LogP) is 4.87. The van der Waals surface area contributed by atoms with Crippen LogP contribution in [0.15, 0.2) is 60.9 Å². The third-order valence-corrected chi connectivity index (χ3v) is 4.31. The standard InChI is InChI=1S/C20H15F3N4O2/c1-29-16-10-12(6-7-15(16)28)17-18(27-9-3-8-24-19(27)26-17)25-14-5-2-4-13(11-14)20(21,22)23/h2-11,25,28H,1H3. The molecule has 0 saturated heterocycles. The van der Waals surface area contributed by atoms with Crippen LogP contribution in [0.3, 0.4) is 0 Å². The van der Waals surface area contributed by atoms with E-state index in [0.717, 1.165) is 12.1 Å². The maximum Gasteiger partial charge on any atom is 0.416 e. The number of rotatable bonds is 4. The average Bonchev–Trinajstić information content (AvgIpc) is 3.06. The topological polar surface area (TPSA) is 71.7 Å². The highest BCUT2D eigenvalue weighted by Gasteiger charge is 2.30. The lowest BCUT2D eigenvalue weighted by atomic mass is 10.1. The second kappa shape index (κ2) is 7.01. The molecule has 2 aromatic carbocycles. The summed E-state index contributed by atoms with van der Waals surface area (Å²) in [6, 6.07) is 11.3. The van der Waals surface area contributed by atoms with Crippen molar-refractivity contribution < 1.29 is 23.0 Å². The van der Waals surface area contributed by atoms with E-state index in [-0.39, 0.29) is 17.2 Å². The molecule has 0 radical (unpaired) electrons. The fourth-order valence-electron chi connectivity index (χ4n) is 2.94. The largest absolute Gasteiger partial charge is 0.504 e. The monoisotopic (exact) mass is 400 g/mol. The molecule has 0 unspecified atom stereocenters. The first-order chi connectivity index (χ1) is 13.9. The molecule has 4 aromatic rings.